The molecule has 2 aromatic rings. The summed E-state index contributed by atoms with van der Waals surface area (Å²) < 4.78 is 1.72. The average Bonchev–Trinajstić information content (AvgIpc) is 2.77. The third-order valence-electron chi connectivity index (χ3n) is 2.30. The molecule has 0 bridgehead atoms. The summed E-state index contributed by atoms with van der Waals surface area (Å²) in [7, 11) is 0. The van der Waals surface area contributed by atoms with E-state index in [1.807, 2.05) is 6.92 Å². The van der Waals surface area contributed by atoms with Gasteiger partial charge in [0.05, 0.1) is 6.42 Å². The van der Waals surface area contributed by atoms with Gasteiger partial charge in [0.25, 0.3) is 0 Å². The second-order valence-corrected chi connectivity index (χ2v) is 3.33. The maximum Gasteiger partial charge on any atom is 0.171 e. The first-order chi connectivity index (χ1) is 7.81. The summed E-state index contributed by atoms with van der Waals surface area (Å²) >= 11 is 0. The molecule has 82 valence electrons. The number of hydrogen-bond acceptors (Lipinski definition) is 4. The summed E-state index contributed by atoms with van der Waals surface area (Å²) in [6.07, 6.45) is 4.94. The molecule has 0 saturated carbocycles. The van der Waals surface area contributed by atoms with E-state index in [2.05, 4.69) is 15.1 Å². The number of aryl methyl sites for hydroxylation is 1. The monoisotopic (exact) mass is 216 g/mol. The van der Waals surface area contributed by atoms with Crippen molar-refractivity contribution in [3.8, 4) is 0 Å². The molecule has 0 amide bonds. The van der Waals surface area contributed by atoms with E-state index in [0.717, 1.165) is 6.54 Å². The summed E-state index contributed by atoms with van der Waals surface area (Å²) in [6, 6.07) is 3.50. The highest BCUT2D eigenvalue weighted by molar-refractivity contribution is 5.96. The van der Waals surface area contributed by atoms with Crippen LogP contribution in [0.15, 0.2) is 30.9 Å². The molecule has 16 heavy (non-hydrogen) atoms. The molecular formula is C11H12N4O. The average molecular weight is 216 g/mol. The lowest BCUT2D eigenvalue weighted by Crippen LogP contribution is -2.10. The second kappa shape index (κ2) is 4.65. The molecule has 0 aliphatic heterocycles. The molecule has 0 aromatic carbocycles. The molecule has 0 fully saturated rings. The Morgan fingerprint density at radius 2 is 2.38 bits per heavy atom. The van der Waals surface area contributed by atoms with Crippen LogP contribution in [0, 0.1) is 0 Å². The van der Waals surface area contributed by atoms with Gasteiger partial charge in [0.1, 0.15) is 12.2 Å². The van der Waals surface area contributed by atoms with Crippen LogP contribution in [0.25, 0.3) is 0 Å². The van der Waals surface area contributed by atoms with Gasteiger partial charge < -0.3 is 0 Å². The highest BCUT2D eigenvalue weighted by Crippen LogP contribution is 2.03. The van der Waals surface area contributed by atoms with Crippen LogP contribution in [-0.2, 0) is 13.0 Å². The Kier molecular flexibility index (Phi) is 3.05. The van der Waals surface area contributed by atoms with Gasteiger partial charge in [-0.3, -0.25) is 9.78 Å². The normalized spacial score (nSPS) is 10.3. The van der Waals surface area contributed by atoms with Crippen LogP contribution >= 0.6 is 0 Å². The lowest BCUT2D eigenvalue weighted by atomic mass is 10.1. The van der Waals surface area contributed by atoms with E-state index < -0.39 is 0 Å². The predicted molar refractivity (Wildman–Crippen MR) is 58.0 cm³/mol. The maximum absolute atomic E-state index is 11.9. The van der Waals surface area contributed by atoms with Gasteiger partial charge in [-0.05, 0) is 19.1 Å². The molecule has 0 saturated heterocycles. The van der Waals surface area contributed by atoms with Crippen LogP contribution in [0.2, 0.25) is 0 Å². The largest absolute Gasteiger partial charge is 0.294 e. The molecule has 5 heteroatoms. The van der Waals surface area contributed by atoms with Gasteiger partial charge in [0.2, 0.25) is 0 Å². The highest BCUT2D eigenvalue weighted by Gasteiger charge is 2.11. The summed E-state index contributed by atoms with van der Waals surface area (Å²) in [4.78, 5) is 19.8. The second-order valence-electron chi connectivity index (χ2n) is 3.33. The number of carbonyl (C=O) groups is 1. The number of aromatic nitrogens is 4. The van der Waals surface area contributed by atoms with Gasteiger partial charge in [0, 0.05) is 24.5 Å². The predicted octanol–water partition coefficient (Wildman–Crippen LogP) is 1.12. The third-order valence-corrected chi connectivity index (χ3v) is 2.30. The molecular weight excluding hydrogens is 204 g/mol. The summed E-state index contributed by atoms with van der Waals surface area (Å²) in [6.45, 7) is 2.68. The zero-order chi connectivity index (χ0) is 11.4. The van der Waals surface area contributed by atoms with Crippen molar-refractivity contribution in [3.05, 3.63) is 42.2 Å². The van der Waals surface area contributed by atoms with E-state index >= 15 is 0 Å². The molecule has 2 heterocycles. The lowest BCUT2D eigenvalue weighted by Gasteiger charge is -2.02. The first-order valence-corrected chi connectivity index (χ1v) is 5.11. The van der Waals surface area contributed by atoms with Gasteiger partial charge in [-0.1, -0.05) is 0 Å². The number of Topliss-reactive ketones (excluding diaryl/α,β-unsaturated/α-hetero) is 1. The topological polar surface area (TPSA) is 60.7 Å². The van der Waals surface area contributed by atoms with E-state index in [4.69, 9.17) is 0 Å². The molecule has 2 rings (SSSR count). The number of nitrogens with zero attached hydrogens (tertiary/aromatic N) is 4. The first-order valence-electron chi connectivity index (χ1n) is 5.11. The number of ketones is 1. The van der Waals surface area contributed by atoms with Crippen LogP contribution < -0.4 is 0 Å². The fourth-order valence-corrected chi connectivity index (χ4v) is 1.46. The Hall–Kier alpha value is -2.04. The van der Waals surface area contributed by atoms with Crippen molar-refractivity contribution in [2.45, 2.75) is 19.9 Å². The Bertz CT molecular complexity index is 478. The Labute approximate surface area is 93.2 Å². The van der Waals surface area contributed by atoms with Crippen LogP contribution in [0.4, 0.5) is 0 Å². The van der Waals surface area contributed by atoms with Crippen LogP contribution in [-0.4, -0.2) is 25.5 Å². The molecule has 0 radical (unpaired) electrons. The van der Waals surface area contributed by atoms with Crippen molar-refractivity contribution in [2.75, 3.05) is 0 Å². The van der Waals surface area contributed by atoms with Crippen LogP contribution in [0.1, 0.15) is 23.1 Å². The van der Waals surface area contributed by atoms with Crippen molar-refractivity contribution >= 4 is 5.78 Å². The van der Waals surface area contributed by atoms with Crippen LogP contribution in [0.5, 0.6) is 0 Å². The third kappa shape index (κ3) is 2.13. The van der Waals surface area contributed by atoms with Crippen molar-refractivity contribution in [1.82, 2.24) is 19.7 Å². The molecule has 0 spiro atoms. The minimum atomic E-state index is 0.0100. The van der Waals surface area contributed by atoms with Gasteiger partial charge in [-0.2, -0.15) is 5.10 Å². The van der Waals surface area contributed by atoms with E-state index in [0.29, 0.717) is 11.4 Å². The van der Waals surface area contributed by atoms with Crippen molar-refractivity contribution in [2.24, 2.45) is 0 Å². The van der Waals surface area contributed by atoms with Crippen LogP contribution in [0.3, 0.4) is 0 Å². The number of rotatable bonds is 4. The van der Waals surface area contributed by atoms with Gasteiger partial charge >= 0.3 is 0 Å². The van der Waals surface area contributed by atoms with E-state index in [1.54, 1.807) is 29.2 Å². The van der Waals surface area contributed by atoms with Gasteiger partial charge in [0.15, 0.2) is 5.78 Å². The standard InChI is InChI=1S/C11H12N4O/c1-2-15-11(13-8-14-15)6-10(16)9-4-3-5-12-7-9/h3-5,7-8H,2,6H2,1H3. The number of pyridine rings is 1. The molecule has 0 N–H and O–H groups in total. The molecule has 5 nitrogen and oxygen atoms in total. The zero-order valence-electron chi connectivity index (χ0n) is 9.00. The molecule has 0 atom stereocenters. The fraction of sp³-hybridized carbons (Fsp3) is 0.273. The quantitative estimate of drug-likeness (QED) is 0.718. The van der Waals surface area contributed by atoms with E-state index in [-0.39, 0.29) is 12.2 Å². The van der Waals surface area contributed by atoms with Gasteiger partial charge in [-0.15, -0.1) is 0 Å². The van der Waals surface area contributed by atoms with Crippen molar-refractivity contribution < 1.29 is 4.79 Å². The minimum absolute atomic E-state index is 0.0100. The maximum atomic E-state index is 11.9. The Balaban J connectivity index is 2.14. The fourth-order valence-electron chi connectivity index (χ4n) is 1.46. The molecule has 0 aliphatic rings. The van der Waals surface area contributed by atoms with Gasteiger partial charge in [-0.25, -0.2) is 9.67 Å². The van der Waals surface area contributed by atoms with Crippen molar-refractivity contribution in [3.63, 3.8) is 0 Å². The number of carbonyl (C=O) groups excluding carboxylic acids is 1. The molecule has 0 aliphatic carbocycles. The summed E-state index contributed by atoms with van der Waals surface area (Å²) in [5.74, 6) is 0.701. The van der Waals surface area contributed by atoms with E-state index in [9.17, 15) is 4.79 Å². The Morgan fingerprint density at radius 3 is 3.06 bits per heavy atom. The lowest BCUT2D eigenvalue weighted by molar-refractivity contribution is 0.0989. The SMILES string of the molecule is CCn1ncnc1CC(=O)c1cccnc1. The molecule has 0 unspecified atom stereocenters. The Morgan fingerprint density at radius 1 is 1.50 bits per heavy atom. The minimum Gasteiger partial charge on any atom is -0.294 e. The summed E-state index contributed by atoms with van der Waals surface area (Å²) in [5.41, 5.74) is 0.605. The highest BCUT2D eigenvalue weighted by atomic mass is 16.1. The first kappa shape index (κ1) is 10.5. The van der Waals surface area contributed by atoms with Crippen molar-refractivity contribution in [1.29, 1.82) is 0 Å². The summed E-state index contributed by atoms with van der Waals surface area (Å²) in [5, 5.41) is 4.02. The number of hydrogen-bond donors (Lipinski definition) is 0. The molecule has 2 aromatic heterocycles. The zero-order valence-corrected chi connectivity index (χ0v) is 9.00. The van der Waals surface area contributed by atoms with E-state index in [1.165, 1.54) is 6.33 Å². The smallest absolute Gasteiger partial charge is 0.171 e.